The molecule has 2 fully saturated rings. The number of carbonyl (C=O) groups is 1. The van der Waals surface area contributed by atoms with Crippen molar-refractivity contribution in [2.24, 2.45) is 5.92 Å². The first-order chi connectivity index (χ1) is 19.8. The van der Waals surface area contributed by atoms with Crippen LogP contribution in [0, 0.1) is 5.92 Å². The number of alkyl halides is 7. The van der Waals surface area contributed by atoms with Crippen LogP contribution in [0.2, 0.25) is 0 Å². The molecule has 0 radical (unpaired) electrons. The highest BCUT2D eigenvalue weighted by molar-refractivity contribution is 8.24. The molecule has 1 aliphatic carbocycles. The Morgan fingerprint density at radius 1 is 0.884 bits per heavy atom. The van der Waals surface area contributed by atoms with Gasteiger partial charge in [-0.15, -0.1) is 0 Å². The van der Waals surface area contributed by atoms with Crippen molar-refractivity contribution in [3.8, 4) is 0 Å². The molecule has 6 nitrogen and oxygen atoms in total. The molecule has 43 heavy (non-hydrogen) atoms. The molecule has 1 unspecified atom stereocenters. The summed E-state index contributed by atoms with van der Waals surface area (Å²) in [5, 5.41) is 0. The van der Waals surface area contributed by atoms with Gasteiger partial charge in [0.2, 0.25) is 5.91 Å². The van der Waals surface area contributed by atoms with Crippen molar-refractivity contribution >= 4 is 26.3 Å². The van der Waals surface area contributed by atoms with E-state index in [1.807, 2.05) is 0 Å². The summed E-state index contributed by atoms with van der Waals surface area (Å²) in [4.78, 5) is 14.6. The number of fused-ring (bicyclic) bond motifs is 1. The average Bonchev–Trinajstić information content (AvgIpc) is 3.59. The first kappa shape index (κ1) is 32.0. The van der Waals surface area contributed by atoms with Gasteiger partial charge in [0.1, 0.15) is 4.75 Å². The summed E-state index contributed by atoms with van der Waals surface area (Å²) in [6.45, 7) is -0.508. The highest BCUT2D eigenvalue weighted by Crippen LogP contribution is 2.54. The van der Waals surface area contributed by atoms with Crippen molar-refractivity contribution in [1.82, 2.24) is 4.90 Å². The highest BCUT2D eigenvalue weighted by atomic mass is 32.3. The number of hydrogen-bond donors (Lipinski definition) is 2. The second kappa shape index (κ2) is 10.6. The van der Waals surface area contributed by atoms with E-state index in [-0.39, 0.29) is 47.8 Å². The van der Waals surface area contributed by atoms with Crippen LogP contribution in [0.15, 0.2) is 47.4 Å². The predicted molar refractivity (Wildman–Crippen MR) is 145 cm³/mol. The van der Waals surface area contributed by atoms with E-state index in [2.05, 4.69) is 0 Å². The van der Waals surface area contributed by atoms with Gasteiger partial charge in [0.25, 0.3) is 0 Å². The summed E-state index contributed by atoms with van der Waals surface area (Å²) in [6.07, 6.45) is -10.3. The number of sulfone groups is 1. The maximum absolute atomic E-state index is 14.7. The second-order valence-corrected chi connectivity index (χ2v) is 16.2. The lowest BCUT2D eigenvalue weighted by molar-refractivity contribution is -0.348. The summed E-state index contributed by atoms with van der Waals surface area (Å²) < 4.78 is 142. The lowest BCUT2D eigenvalue weighted by Crippen LogP contribution is -2.50. The first-order valence-electron chi connectivity index (χ1n) is 13.6. The van der Waals surface area contributed by atoms with Gasteiger partial charge in [0.15, 0.2) is 9.84 Å². The number of nitrogens with zero attached hydrogens (tertiary/aromatic N) is 1. The minimum Gasteiger partial charge on any atom is -0.340 e. The van der Waals surface area contributed by atoms with Gasteiger partial charge in [0, 0.05) is 36.1 Å². The van der Waals surface area contributed by atoms with Crippen LogP contribution in [0.25, 0.3) is 0 Å². The minimum absolute atomic E-state index is 0.0146. The summed E-state index contributed by atoms with van der Waals surface area (Å²) in [6, 6.07) is 6.72. The topological polar surface area (TPSA) is 94.9 Å². The van der Waals surface area contributed by atoms with Crippen molar-refractivity contribution < 1.29 is 53.1 Å². The third-order valence-corrected chi connectivity index (χ3v) is 13.2. The van der Waals surface area contributed by atoms with E-state index < -0.39 is 67.1 Å². The highest BCUT2D eigenvalue weighted by Gasteiger charge is 2.73. The third kappa shape index (κ3) is 5.33. The molecule has 0 saturated carbocycles. The van der Waals surface area contributed by atoms with Crippen LogP contribution >= 0.6 is 10.6 Å². The fourth-order valence-electron chi connectivity index (χ4n) is 6.43. The Labute approximate surface area is 245 Å². The second-order valence-electron chi connectivity index (χ2n) is 11.5. The van der Waals surface area contributed by atoms with Crippen LogP contribution in [0.1, 0.15) is 47.9 Å². The Morgan fingerprint density at radius 3 is 2.05 bits per heavy atom. The lowest BCUT2D eigenvalue weighted by Gasteiger charge is -2.39. The smallest absolute Gasteiger partial charge is 0.340 e. The number of rotatable bonds is 5. The molecule has 5 rings (SSSR count). The van der Waals surface area contributed by atoms with Gasteiger partial charge in [-0.3, -0.25) is 13.9 Å². The minimum atomic E-state index is -6.33. The van der Waals surface area contributed by atoms with E-state index in [9.17, 15) is 53.1 Å². The summed E-state index contributed by atoms with van der Waals surface area (Å²) >= 11 is 0. The SMILES string of the molecule is O=C(C1CCS(O)(O)CC1)N1CCC(c2ccc(C(F)(C(F)(F)F)C(F)(F)F)cc2)(S(=O)(=O)c2ccc3c(c2)CCC3)C1. The molecule has 238 valence electrons. The molecule has 0 aromatic heterocycles. The summed E-state index contributed by atoms with van der Waals surface area (Å²) in [5.41, 5.74) is -5.80. The largest absolute Gasteiger partial charge is 0.435 e. The fourth-order valence-corrected chi connectivity index (χ4v) is 10.1. The maximum Gasteiger partial charge on any atom is 0.435 e. The van der Waals surface area contributed by atoms with Crippen molar-refractivity contribution in [3.05, 3.63) is 64.7 Å². The number of aryl methyl sites for hydroxylation is 2. The van der Waals surface area contributed by atoms with Crippen LogP contribution in [0.5, 0.6) is 0 Å². The van der Waals surface area contributed by atoms with Gasteiger partial charge in [-0.1, -0.05) is 30.3 Å². The molecule has 0 spiro atoms. The molecule has 1 amide bonds. The van der Waals surface area contributed by atoms with Crippen molar-refractivity contribution in [2.75, 3.05) is 24.6 Å². The molecular formula is C28H30F7NO5S2. The number of amides is 1. The van der Waals surface area contributed by atoms with Crippen molar-refractivity contribution in [1.29, 1.82) is 0 Å². The van der Waals surface area contributed by atoms with Gasteiger partial charge in [-0.25, -0.2) is 12.8 Å². The quantitative estimate of drug-likeness (QED) is 0.357. The van der Waals surface area contributed by atoms with Crippen molar-refractivity contribution in [2.45, 2.75) is 66.2 Å². The van der Waals surface area contributed by atoms with Crippen LogP contribution in [-0.4, -0.2) is 65.3 Å². The molecule has 2 aromatic rings. The Balaban J connectivity index is 1.56. The summed E-state index contributed by atoms with van der Waals surface area (Å²) in [7, 11) is -7.20. The lowest BCUT2D eigenvalue weighted by atomic mass is 9.90. The number of benzene rings is 2. The predicted octanol–water partition coefficient (Wildman–Crippen LogP) is 6.53. The molecule has 15 heteroatoms. The van der Waals surface area contributed by atoms with Gasteiger partial charge in [-0.05, 0) is 67.3 Å². The van der Waals surface area contributed by atoms with E-state index in [0.29, 0.717) is 18.6 Å². The zero-order valence-electron chi connectivity index (χ0n) is 22.7. The number of carbonyl (C=O) groups excluding carboxylic acids is 1. The Hall–Kier alpha value is -2.36. The zero-order valence-corrected chi connectivity index (χ0v) is 24.4. The van der Waals surface area contributed by atoms with E-state index in [1.54, 1.807) is 6.07 Å². The number of halogens is 7. The molecule has 2 aliphatic heterocycles. The van der Waals surface area contributed by atoms with Gasteiger partial charge >= 0.3 is 18.0 Å². The molecular weight excluding hydrogens is 627 g/mol. The van der Waals surface area contributed by atoms with Gasteiger partial charge < -0.3 is 4.90 Å². The Kier molecular flexibility index (Phi) is 7.92. The normalized spacial score (nSPS) is 24.2. The van der Waals surface area contributed by atoms with E-state index in [4.69, 9.17) is 0 Å². The Bertz CT molecular complexity index is 1480. The Morgan fingerprint density at radius 2 is 1.47 bits per heavy atom. The summed E-state index contributed by atoms with van der Waals surface area (Å²) in [5.74, 6) is -0.998. The molecule has 3 aliphatic rings. The first-order valence-corrected chi connectivity index (χ1v) is 17.0. The molecule has 2 N–H and O–H groups in total. The van der Waals surface area contributed by atoms with Gasteiger partial charge in [-0.2, -0.15) is 36.9 Å². The van der Waals surface area contributed by atoms with Crippen LogP contribution < -0.4 is 0 Å². The molecule has 0 bridgehead atoms. The average molecular weight is 658 g/mol. The molecule has 2 heterocycles. The van der Waals surface area contributed by atoms with E-state index in [1.165, 1.54) is 17.0 Å². The number of hydrogen-bond acceptors (Lipinski definition) is 5. The zero-order chi connectivity index (χ0) is 31.6. The third-order valence-electron chi connectivity index (χ3n) is 8.96. The van der Waals surface area contributed by atoms with Crippen molar-refractivity contribution in [3.63, 3.8) is 0 Å². The fraction of sp³-hybridized carbons (Fsp3) is 0.536. The monoisotopic (exact) mass is 657 g/mol. The van der Waals surface area contributed by atoms with Gasteiger partial charge in [0.05, 0.1) is 4.90 Å². The van der Waals surface area contributed by atoms with E-state index >= 15 is 0 Å². The number of likely N-dealkylation sites (tertiary alicyclic amines) is 1. The molecule has 2 aromatic carbocycles. The van der Waals surface area contributed by atoms with Crippen LogP contribution in [0.4, 0.5) is 30.7 Å². The van der Waals surface area contributed by atoms with E-state index in [0.717, 1.165) is 36.1 Å². The maximum atomic E-state index is 14.7. The molecule has 2 saturated heterocycles. The van der Waals surface area contributed by atoms with Crippen LogP contribution in [-0.2, 0) is 37.9 Å². The van der Waals surface area contributed by atoms with Crippen LogP contribution in [0.3, 0.4) is 0 Å². The molecule has 1 atom stereocenters. The standard InChI is InChI=1S/C28H30F7NO5S2/c29-26(27(30,31)32,28(33,34)35)22-7-5-21(6-8-22)25(43(40,41)23-9-4-18-2-1-3-20(18)16-23)12-13-36(17-25)24(37)19-10-14-42(38,39)15-11-19/h4-9,16,19,38-39H,1-3,10-15,17H2.